The highest BCUT2D eigenvalue weighted by atomic mass is 28.1. The van der Waals surface area contributed by atoms with Crippen molar-refractivity contribution in [3.8, 4) is 0 Å². The van der Waals surface area contributed by atoms with Crippen LogP contribution in [0.15, 0.2) is 4.99 Å². The van der Waals surface area contributed by atoms with Crippen molar-refractivity contribution in [3.63, 3.8) is 0 Å². The monoisotopic (exact) mass is 101 g/mol. The molecule has 0 atom stereocenters. The topological polar surface area (TPSA) is 29.4 Å². The lowest BCUT2D eigenvalue weighted by molar-refractivity contribution is 0.563. The van der Waals surface area contributed by atoms with E-state index in [1.54, 1.807) is 0 Å². The number of rotatable bonds is 2. The summed E-state index contributed by atoms with van der Waals surface area (Å²) in [5.41, 5.74) is 0. The van der Waals surface area contributed by atoms with Gasteiger partial charge in [0.1, 0.15) is 0 Å². The normalized spacial score (nSPS) is 7.33. The van der Waals surface area contributed by atoms with Crippen molar-refractivity contribution in [2.45, 2.75) is 6.04 Å². The molecule has 0 spiro atoms. The summed E-state index contributed by atoms with van der Waals surface area (Å²) in [6.45, 7) is 0.676. The third kappa shape index (κ3) is 3.60. The van der Waals surface area contributed by atoms with E-state index in [0.717, 1.165) is 16.3 Å². The highest BCUT2D eigenvalue weighted by Crippen LogP contribution is 1.67. The maximum absolute atomic E-state index is 9.29. The summed E-state index contributed by atoms with van der Waals surface area (Å²) >= 11 is 0. The first-order chi connectivity index (χ1) is 2.91. The standard InChI is InChI=1S/C3H7NOSi/c5-3-4-1-2-6/h1-2H2,6H3. The van der Waals surface area contributed by atoms with Gasteiger partial charge >= 0.3 is 0 Å². The summed E-state index contributed by atoms with van der Waals surface area (Å²) < 4.78 is 0. The first-order valence-electron chi connectivity index (χ1n) is 1.95. The van der Waals surface area contributed by atoms with Crippen LogP contribution < -0.4 is 0 Å². The van der Waals surface area contributed by atoms with Crippen LogP contribution in [0, 0.1) is 0 Å². The summed E-state index contributed by atoms with van der Waals surface area (Å²) in [5.74, 6) is 0. The first kappa shape index (κ1) is 5.60. The molecule has 0 rings (SSSR count). The van der Waals surface area contributed by atoms with E-state index in [4.69, 9.17) is 0 Å². The van der Waals surface area contributed by atoms with Crippen LogP contribution in [0.2, 0.25) is 6.04 Å². The number of hydrogen-bond acceptors (Lipinski definition) is 2. The minimum atomic E-state index is 0.676. The smallest absolute Gasteiger partial charge is 0.211 e. The average Bonchev–Trinajstić information content (AvgIpc) is 1.61. The van der Waals surface area contributed by atoms with Crippen LogP contribution in [0.5, 0.6) is 0 Å². The molecular weight excluding hydrogens is 94.1 g/mol. The Morgan fingerprint density at radius 3 is 2.67 bits per heavy atom. The molecule has 0 aromatic rings. The van der Waals surface area contributed by atoms with Crippen molar-refractivity contribution in [2.75, 3.05) is 6.54 Å². The maximum Gasteiger partial charge on any atom is 0.234 e. The molecule has 2 nitrogen and oxygen atoms in total. The van der Waals surface area contributed by atoms with Gasteiger partial charge in [-0.3, -0.25) is 0 Å². The molecule has 0 fully saturated rings. The summed E-state index contributed by atoms with van der Waals surface area (Å²) in [4.78, 5) is 12.6. The quantitative estimate of drug-likeness (QED) is 0.252. The number of isocyanates is 1. The number of nitrogens with zero attached hydrogens (tertiary/aromatic N) is 1. The van der Waals surface area contributed by atoms with E-state index in [2.05, 4.69) is 4.99 Å². The van der Waals surface area contributed by atoms with Crippen LogP contribution in [0.1, 0.15) is 0 Å². The van der Waals surface area contributed by atoms with Gasteiger partial charge in [0, 0.05) is 16.8 Å². The highest BCUT2D eigenvalue weighted by molar-refractivity contribution is 6.08. The molecule has 0 N–H and O–H groups in total. The third-order valence-electron chi connectivity index (χ3n) is 0.400. The van der Waals surface area contributed by atoms with Crippen molar-refractivity contribution in [1.82, 2.24) is 0 Å². The molecule has 0 aliphatic carbocycles. The first-order valence-corrected chi connectivity index (χ1v) is 3.37. The summed E-state index contributed by atoms with van der Waals surface area (Å²) in [5, 5.41) is 0. The van der Waals surface area contributed by atoms with Gasteiger partial charge in [0.2, 0.25) is 6.08 Å². The second kappa shape index (κ2) is 4.60. The Bertz CT molecular complexity index is 67.2. The van der Waals surface area contributed by atoms with Gasteiger partial charge in [0.05, 0.1) is 0 Å². The van der Waals surface area contributed by atoms with Crippen LogP contribution in [-0.4, -0.2) is 22.9 Å². The number of aliphatic imine (C=N–C) groups is 1. The molecule has 0 aromatic carbocycles. The molecule has 0 bridgehead atoms. The Hall–Kier alpha value is -0.403. The molecule has 0 saturated carbocycles. The zero-order chi connectivity index (χ0) is 4.83. The van der Waals surface area contributed by atoms with Crippen LogP contribution in [-0.2, 0) is 4.79 Å². The summed E-state index contributed by atoms with van der Waals surface area (Å²) in [6, 6.07) is 1.06. The second-order valence-electron chi connectivity index (χ2n) is 0.973. The van der Waals surface area contributed by atoms with E-state index in [-0.39, 0.29) is 0 Å². The molecule has 0 aromatic heterocycles. The molecule has 0 aliphatic rings. The molecule has 0 aliphatic heterocycles. The van der Waals surface area contributed by atoms with E-state index >= 15 is 0 Å². The Morgan fingerprint density at radius 1 is 1.83 bits per heavy atom. The van der Waals surface area contributed by atoms with Crippen molar-refractivity contribution in [1.29, 1.82) is 0 Å². The fourth-order valence-corrected chi connectivity index (χ4v) is 0.381. The molecular formula is C3H7NOSi. The molecule has 3 heteroatoms. The van der Waals surface area contributed by atoms with E-state index in [1.165, 1.54) is 6.08 Å². The van der Waals surface area contributed by atoms with Crippen LogP contribution >= 0.6 is 0 Å². The van der Waals surface area contributed by atoms with Gasteiger partial charge in [0.15, 0.2) is 0 Å². The van der Waals surface area contributed by atoms with E-state index in [9.17, 15) is 4.79 Å². The van der Waals surface area contributed by atoms with Crippen LogP contribution in [0.4, 0.5) is 0 Å². The zero-order valence-corrected chi connectivity index (χ0v) is 5.77. The molecule has 6 heavy (non-hydrogen) atoms. The van der Waals surface area contributed by atoms with Crippen molar-refractivity contribution >= 4 is 16.3 Å². The average molecular weight is 101 g/mol. The predicted octanol–water partition coefficient (Wildman–Crippen LogP) is -0.894. The van der Waals surface area contributed by atoms with Gasteiger partial charge in [-0.05, 0) is 6.04 Å². The lowest BCUT2D eigenvalue weighted by atomic mass is 10.8. The largest absolute Gasteiger partial charge is 0.234 e. The molecule has 0 amide bonds. The number of hydrogen-bond donors (Lipinski definition) is 0. The Morgan fingerprint density at radius 2 is 2.50 bits per heavy atom. The van der Waals surface area contributed by atoms with E-state index in [0.29, 0.717) is 6.54 Å². The van der Waals surface area contributed by atoms with Gasteiger partial charge in [-0.15, -0.1) is 0 Å². The van der Waals surface area contributed by atoms with Gasteiger partial charge in [0.25, 0.3) is 0 Å². The van der Waals surface area contributed by atoms with Crippen LogP contribution in [0.3, 0.4) is 0 Å². The third-order valence-corrected chi connectivity index (χ3v) is 0.847. The second-order valence-corrected chi connectivity index (χ2v) is 1.97. The van der Waals surface area contributed by atoms with Crippen LogP contribution in [0.25, 0.3) is 0 Å². The predicted molar refractivity (Wildman–Crippen MR) is 27.7 cm³/mol. The van der Waals surface area contributed by atoms with Crippen molar-refractivity contribution in [2.24, 2.45) is 4.99 Å². The minimum Gasteiger partial charge on any atom is -0.211 e. The highest BCUT2D eigenvalue weighted by Gasteiger charge is 1.66. The van der Waals surface area contributed by atoms with E-state index in [1.807, 2.05) is 0 Å². The Kier molecular flexibility index (Phi) is 4.29. The lowest BCUT2D eigenvalue weighted by Crippen LogP contribution is -1.72. The van der Waals surface area contributed by atoms with Gasteiger partial charge in [-0.2, -0.15) is 0 Å². The van der Waals surface area contributed by atoms with Gasteiger partial charge < -0.3 is 0 Å². The molecule has 0 saturated heterocycles. The van der Waals surface area contributed by atoms with E-state index < -0.39 is 0 Å². The lowest BCUT2D eigenvalue weighted by Gasteiger charge is -1.71. The molecule has 34 valence electrons. The zero-order valence-electron chi connectivity index (χ0n) is 3.77. The molecule has 0 unspecified atom stereocenters. The minimum absolute atomic E-state index is 0.676. The number of carbonyl (C=O) groups excluding carboxylic acids is 1. The fourth-order valence-electron chi connectivity index (χ4n) is 0.157. The summed E-state index contributed by atoms with van der Waals surface area (Å²) in [7, 11) is 1.13. The molecule has 0 heterocycles. The van der Waals surface area contributed by atoms with Crippen molar-refractivity contribution < 1.29 is 4.79 Å². The maximum atomic E-state index is 9.29. The summed E-state index contributed by atoms with van der Waals surface area (Å²) in [6.07, 6.45) is 1.47. The molecule has 0 radical (unpaired) electrons. The van der Waals surface area contributed by atoms with Gasteiger partial charge in [-0.1, -0.05) is 0 Å². The SMILES string of the molecule is O=C=NCC[SiH3]. The Labute approximate surface area is 39.7 Å². The Balaban J connectivity index is 2.86. The van der Waals surface area contributed by atoms with Gasteiger partial charge in [-0.25, -0.2) is 9.79 Å². The van der Waals surface area contributed by atoms with Crippen molar-refractivity contribution in [3.05, 3.63) is 0 Å². The fraction of sp³-hybridized carbons (Fsp3) is 0.667.